The van der Waals surface area contributed by atoms with Gasteiger partial charge in [0.25, 0.3) is 5.91 Å². The van der Waals surface area contributed by atoms with Gasteiger partial charge in [0.15, 0.2) is 10.6 Å². The van der Waals surface area contributed by atoms with Crippen LogP contribution in [0.3, 0.4) is 0 Å². The number of nitrogens with one attached hydrogen (secondary N) is 2. The molecule has 25 heavy (non-hydrogen) atoms. The van der Waals surface area contributed by atoms with Gasteiger partial charge in [0.1, 0.15) is 0 Å². The van der Waals surface area contributed by atoms with E-state index in [4.69, 9.17) is 17.0 Å². The van der Waals surface area contributed by atoms with Crippen LogP contribution in [0.25, 0.3) is 10.1 Å². The maximum Gasteiger partial charge on any atom is 0.262 e. The molecule has 1 aliphatic carbocycles. The van der Waals surface area contributed by atoms with Gasteiger partial charge < -0.3 is 10.1 Å². The third-order valence-corrected chi connectivity index (χ3v) is 5.79. The predicted octanol–water partition coefficient (Wildman–Crippen LogP) is 3.57. The normalized spacial score (nSPS) is 14.1. The van der Waals surface area contributed by atoms with E-state index < -0.39 is 0 Å². The van der Waals surface area contributed by atoms with Crippen LogP contribution in [0.5, 0.6) is 0 Å². The summed E-state index contributed by atoms with van der Waals surface area (Å²) in [5.74, 6) is 0.666. The van der Waals surface area contributed by atoms with Crippen molar-refractivity contribution in [1.29, 1.82) is 0 Å². The molecule has 1 aromatic carbocycles. The van der Waals surface area contributed by atoms with E-state index in [2.05, 4.69) is 15.5 Å². The number of H-pyrrole nitrogens is 1. The lowest BCUT2D eigenvalue weighted by Gasteiger charge is -2.07. The Labute approximate surface area is 153 Å². The maximum atomic E-state index is 12.8. The molecule has 0 aliphatic heterocycles. The lowest BCUT2D eigenvalue weighted by atomic mass is 10.1. The maximum absolute atomic E-state index is 12.8. The van der Waals surface area contributed by atoms with Crippen LogP contribution in [-0.2, 0) is 17.9 Å². The Hall–Kier alpha value is -2.03. The van der Waals surface area contributed by atoms with Crippen LogP contribution in [0.4, 0.5) is 0 Å². The van der Waals surface area contributed by atoms with Crippen molar-refractivity contribution in [3.63, 3.8) is 0 Å². The number of benzene rings is 1. The summed E-state index contributed by atoms with van der Waals surface area (Å²) in [5, 5.41) is 11.1. The highest BCUT2D eigenvalue weighted by Crippen LogP contribution is 2.36. The number of thiophene rings is 1. The second-order valence-corrected chi connectivity index (χ2v) is 7.51. The van der Waals surface area contributed by atoms with Crippen molar-refractivity contribution in [3.8, 4) is 0 Å². The summed E-state index contributed by atoms with van der Waals surface area (Å²) in [5.41, 5.74) is 0.932. The fourth-order valence-corrected chi connectivity index (χ4v) is 4.41. The van der Waals surface area contributed by atoms with Crippen molar-refractivity contribution < 1.29 is 9.53 Å². The fraction of sp³-hybridized carbons (Fsp3) is 0.353. The summed E-state index contributed by atoms with van der Waals surface area (Å²) in [6, 6.07) is 8.42. The van der Waals surface area contributed by atoms with Crippen LogP contribution in [0.2, 0.25) is 0 Å². The average Bonchev–Trinajstić information content (AvgIpc) is 3.29. The highest BCUT2D eigenvalue weighted by Gasteiger charge is 2.27. The molecule has 8 heteroatoms. The van der Waals surface area contributed by atoms with E-state index in [1.165, 1.54) is 11.3 Å². The number of carbonyl (C=O) groups is 1. The number of fused-ring (bicyclic) bond motifs is 1. The topological polar surface area (TPSA) is 71.9 Å². The molecular weight excluding hydrogens is 356 g/mol. The van der Waals surface area contributed by atoms with Gasteiger partial charge in [-0.2, -0.15) is 5.10 Å². The number of nitrogens with zero attached hydrogens (tertiary/aromatic N) is 2. The van der Waals surface area contributed by atoms with Gasteiger partial charge in [-0.15, -0.1) is 11.3 Å². The van der Waals surface area contributed by atoms with E-state index in [0.29, 0.717) is 28.8 Å². The van der Waals surface area contributed by atoms with Crippen molar-refractivity contribution in [1.82, 2.24) is 20.1 Å². The smallest absolute Gasteiger partial charge is 0.262 e. The molecule has 0 atom stereocenters. The van der Waals surface area contributed by atoms with Gasteiger partial charge in [-0.3, -0.25) is 14.5 Å². The van der Waals surface area contributed by atoms with Gasteiger partial charge in [-0.1, -0.05) is 18.2 Å². The molecule has 3 aromatic rings. The molecule has 6 nitrogen and oxygen atoms in total. The number of rotatable bonds is 6. The molecule has 2 N–H and O–H groups in total. The quantitative estimate of drug-likeness (QED) is 0.647. The number of aromatic nitrogens is 3. The number of amides is 1. The molecular formula is C17H18N4O2S2. The van der Waals surface area contributed by atoms with Crippen LogP contribution < -0.4 is 5.32 Å². The summed E-state index contributed by atoms with van der Waals surface area (Å²) in [6.45, 7) is 0.761. The SMILES string of the molecule is COCc1c(C(=O)NCc2n[nH]c(=S)n2C2CC2)sc2ccccc12. The van der Waals surface area contributed by atoms with E-state index >= 15 is 0 Å². The van der Waals surface area contributed by atoms with Gasteiger partial charge in [0.05, 0.1) is 18.0 Å². The van der Waals surface area contributed by atoms with E-state index in [-0.39, 0.29) is 5.91 Å². The molecule has 130 valence electrons. The molecule has 1 fully saturated rings. The van der Waals surface area contributed by atoms with E-state index in [0.717, 1.165) is 34.3 Å². The largest absolute Gasteiger partial charge is 0.380 e. The Morgan fingerprint density at radius 1 is 1.48 bits per heavy atom. The molecule has 0 spiro atoms. The van der Waals surface area contributed by atoms with Crippen LogP contribution in [0.1, 0.15) is 39.9 Å². The minimum Gasteiger partial charge on any atom is -0.380 e. The molecule has 0 bridgehead atoms. The lowest BCUT2D eigenvalue weighted by molar-refractivity contribution is 0.0949. The Morgan fingerprint density at radius 3 is 3.04 bits per heavy atom. The van der Waals surface area contributed by atoms with E-state index in [9.17, 15) is 4.79 Å². The highest BCUT2D eigenvalue weighted by molar-refractivity contribution is 7.71. The third-order valence-electron chi connectivity index (χ3n) is 4.29. The number of aromatic amines is 1. The van der Waals surface area contributed by atoms with Crippen molar-refractivity contribution in [2.45, 2.75) is 32.0 Å². The Bertz CT molecular complexity index is 984. The molecule has 2 heterocycles. The second kappa shape index (κ2) is 6.70. The van der Waals surface area contributed by atoms with E-state index in [1.807, 2.05) is 28.8 Å². The molecule has 4 rings (SSSR count). The zero-order valence-electron chi connectivity index (χ0n) is 13.7. The predicted molar refractivity (Wildman–Crippen MR) is 99.4 cm³/mol. The van der Waals surface area contributed by atoms with Gasteiger partial charge in [-0.25, -0.2) is 0 Å². The van der Waals surface area contributed by atoms with Crippen molar-refractivity contribution in [3.05, 3.63) is 45.3 Å². The monoisotopic (exact) mass is 374 g/mol. The fourth-order valence-electron chi connectivity index (χ4n) is 2.98. The molecule has 0 radical (unpaired) electrons. The first-order valence-corrected chi connectivity index (χ1v) is 9.35. The number of hydrogen-bond donors (Lipinski definition) is 2. The Balaban J connectivity index is 1.58. The van der Waals surface area contributed by atoms with Gasteiger partial charge in [-0.05, 0) is 36.5 Å². The molecule has 0 unspecified atom stereocenters. The van der Waals surface area contributed by atoms with Gasteiger partial charge >= 0.3 is 0 Å². The molecule has 0 saturated heterocycles. The molecule has 1 amide bonds. The third kappa shape index (κ3) is 3.12. The van der Waals surface area contributed by atoms with E-state index in [1.54, 1.807) is 7.11 Å². The minimum absolute atomic E-state index is 0.107. The van der Waals surface area contributed by atoms with Gasteiger partial charge in [0.2, 0.25) is 0 Å². The lowest BCUT2D eigenvalue weighted by Crippen LogP contribution is -2.25. The van der Waals surface area contributed by atoms with Crippen LogP contribution >= 0.6 is 23.6 Å². The average molecular weight is 374 g/mol. The summed E-state index contributed by atoms with van der Waals surface area (Å²) in [4.78, 5) is 13.4. The van der Waals surface area contributed by atoms with Crippen molar-refractivity contribution in [2.75, 3.05) is 7.11 Å². The number of ether oxygens (including phenoxy) is 1. The van der Waals surface area contributed by atoms with Gasteiger partial charge in [0, 0.05) is 23.4 Å². The second-order valence-electron chi connectivity index (χ2n) is 6.07. The van der Waals surface area contributed by atoms with Crippen LogP contribution in [0, 0.1) is 4.77 Å². The Kier molecular flexibility index (Phi) is 4.41. The highest BCUT2D eigenvalue weighted by atomic mass is 32.1. The first-order valence-electron chi connectivity index (χ1n) is 8.12. The first kappa shape index (κ1) is 16.4. The molecule has 1 saturated carbocycles. The Morgan fingerprint density at radius 2 is 2.28 bits per heavy atom. The number of methoxy groups -OCH3 is 1. The first-order chi connectivity index (χ1) is 12.2. The number of hydrogen-bond acceptors (Lipinski definition) is 5. The van der Waals surface area contributed by atoms with Crippen molar-refractivity contribution in [2.24, 2.45) is 0 Å². The summed E-state index contributed by atoms with van der Waals surface area (Å²) < 4.78 is 9.01. The van der Waals surface area contributed by atoms with Crippen LogP contribution in [-0.4, -0.2) is 27.8 Å². The zero-order valence-corrected chi connectivity index (χ0v) is 15.4. The zero-order chi connectivity index (χ0) is 17.4. The summed E-state index contributed by atoms with van der Waals surface area (Å²) in [6.07, 6.45) is 2.23. The summed E-state index contributed by atoms with van der Waals surface area (Å²) >= 11 is 6.77. The number of carbonyl (C=O) groups excluding carboxylic acids is 1. The minimum atomic E-state index is -0.107. The molecule has 2 aromatic heterocycles. The van der Waals surface area contributed by atoms with Crippen LogP contribution in [0.15, 0.2) is 24.3 Å². The van der Waals surface area contributed by atoms with Crippen molar-refractivity contribution >= 4 is 39.5 Å². The summed E-state index contributed by atoms with van der Waals surface area (Å²) in [7, 11) is 1.64. The molecule has 1 aliphatic rings. The standard InChI is InChI=1S/C17H18N4O2S2/c1-23-9-12-11-4-2-3-5-13(11)25-15(12)16(22)18-8-14-19-20-17(24)21(14)10-6-7-10/h2-5,10H,6-9H2,1H3,(H,18,22)(H,20,24).